The van der Waals surface area contributed by atoms with Crippen LogP contribution >= 0.6 is 11.6 Å². The molecule has 0 radical (unpaired) electrons. The van der Waals surface area contributed by atoms with Gasteiger partial charge < -0.3 is 4.90 Å². The van der Waals surface area contributed by atoms with Gasteiger partial charge in [0.25, 0.3) is 5.16 Å². The van der Waals surface area contributed by atoms with Crippen LogP contribution in [0, 0.1) is 0 Å². The third-order valence-corrected chi connectivity index (χ3v) is 5.57. The Morgan fingerprint density at radius 2 is 1.72 bits per heavy atom. The second-order valence-electron chi connectivity index (χ2n) is 5.07. The number of benzene rings is 1. The summed E-state index contributed by atoms with van der Waals surface area (Å²) < 4.78 is 27.7. The van der Waals surface area contributed by atoms with Crippen LogP contribution in [0.5, 0.6) is 0 Å². The minimum atomic E-state index is -3.99. The highest BCUT2D eigenvalue weighted by Gasteiger charge is 2.29. The molecule has 0 bridgehead atoms. The van der Waals surface area contributed by atoms with Crippen LogP contribution < -0.4 is 4.31 Å². The van der Waals surface area contributed by atoms with Crippen LogP contribution in [0.25, 0.3) is 0 Å². The molecule has 2 aromatic rings. The van der Waals surface area contributed by atoms with E-state index in [1.807, 2.05) is 13.8 Å². The molecular formula is C15H20ClN5O3S. The minimum Gasteiger partial charge on any atom is -0.323 e. The first-order valence-corrected chi connectivity index (χ1v) is 9.66. The van der Waals surface area contributed by atoms with E-state index >= 15 is 0 Å². The zero-order valence-electron chi connectivity index (χ0n) is 14.3. The summed E-state index contributed by atoms with van der Waals surface area (Å²) in [7, 11) is -3.99. The largest absolute Gasteiger partial charge is 0.346 e. The average molecular weight is 386 g/mol. The lowest BCUT2D eigenvalue weighted by Gasteiger charge is -2.21. The zero-order valence-corrected chi connectivity index (χ0v) is 15.8. The van der Waals surface area contributed by atoms with E-state index in [-0.39, 0.29) is 6.54 Å². The maximum Gasteiger partial charge on any atom is 0.346 e. The number of aromatic nitrogens is 3. The average Bonchev–Trinajstić information content (AvgIpc) is 3.09. The van der Waals surface area contributed by atoms with Crippen molar-refractivity contribution in [2.75, 3.05) is 23.9 Å². The van der Waals surface area contributed by atoms with Crippen molar-refractivity contribution >= 4 is 33.3 Å². The molecule has 0 saturated heterocycles. The van der Waals surface area contributed by atoms with Crippen LogP contribution in [-0.4, -0.2) is 53.7 Å². The molecule has 136 valence electrons. The lowest BCUT2D eigenvalue weighted by molar-refractivity contribution is 0.201. The lowest BCUT2D eigenvalue weighted by atomic mass is 10.3. The minimum absolute atomic E-state index is 0.183. The van der Waals surface area contributed by atoms with Gasteiger partial charge in [-0.3, -0.25) is 4.31 Å². The Bertz CT molecular complexity index is 831. The van der Waals surface area contributed by atoms with Gasteiger partial charge in [-0.05, 0) is 45.0 Å². The molecule has 1 heterocycles. The van der Waals surface area contributed by atoms with E-state index < -0.39 is 21.2 Å². The second-order valence-corrected chi connectivity index (χ2v) is 7.27. The number of hydrogen-bond acceptors (Lipinski definition) is 5. The van der Waals surface area contributed by atoms with Gasteiger partial charge in [0.1, 0.15) is 6.33 Å². The van der Waals surface area contributed by atoms with Crippen molar-refractivity contribution in [2.45, 2.75) is 25.9 Å². The molecule has 0 aliphatic carbocycles. The third-order valence-electron chi connectivity index (χ3n) is 3.62. The van der Waals surface area contributed by atoms with Crippen LogP contribution in [0.15, 0.2) is 35.7 Å². The van der Waals surface area contributed by atoms with Crippen LogP contribution in [0.1, 0.15) is 20.8 Å². The number of sulfonamides is 1. The van der Waals surface area contributed by atoms with E-state index in [0.29, 0.717) is 23.8 Å². The van der Waals surface area contributed by atoms with Crippen LogP contribution in [0.2, 0.25) is 5.02 Å². The molecule has 0 unspecified atom stereocenters. The predicted molar refractivity (Wildman–Crippen MR) is 95.4 cm³/mol. The molecule has 1 amide bonds. The molecule has 0 spiro atoms. The van der Waals surface area contributed by atoms with Gasteiger partial charge >= 0.3 is 16.1 Å². The summed E-state index contributed by atoms with van der Waals surface area (Å²) in [6.07, 6.45) is 1.11. The molecule has 2 rings (SSSR count). The summed E-state index contributed by atoms with van der Waals surface area (Å²) in [6, 6.07) is 5.98. The number of hydrogen-bond donors (Lipinski definition) is 0. The van der Waals surface area contributed by atoms with E-state index in [9.17, 15) is 13.2 Å². The second kappa shape index (κ2) is 7.83. The Morgan fingerprint density at radius 1 is 1.12 bits per heavy atom. The molecule has 8 nitrogen and oxygen atoms in total. The molecule has 0 aliphatic rings. The van der Waals surface area contributed by atoms with Gasteiger partial charge in [-0.2, -0.15) is 13.1 Å². The number of nitrogens with zero attached hydrogens (tertiary/aromatic N) is 5. The van der Waals surface area contributed by atoms with Crippen molar-refractivity contribution < 1.29 is 13.2 Å². The van der Waals surface area contributed by atoms with Crippen LogP contribution in [-0.2, 0) is 10.0 Å². The molecule has 1 aromatic heterocycles. The Kier molecular flexibility index (Phi) is 6.02. The van der Waals surface area contributed by atoms with E-state index in [0.717, 1.165) is 15.3 Å². The Labute approximate surface area is 152 Å². The van der Waals surface area contributed by atoms with Crippen molar-refractivity contribution in [2.24, 2.45) is 0 Å². The highest BCUT2D eigenvalue weighted by Crippen LogP contribution is 2.23. The first-order valence-electron chi connectivity index (χ1n) is 7.84. The van der Waals surface area contributed by atoms with Gasteiger partial charge in [-0.1, -0.05) is 11.6 Å². The number of carbonyl (C=O) groups is 1. The van der Waals surface area contributed by atoms with Gasteiger partial charge in [0.15, 0.2) is 0 Å². The first-order chi connectivity index (χ1) is 11.8. The summed E-state index contributed by atoms with van der Waals surface area (Å²) in [5, 5.41) is 3.95. The summed E-state index contributed by atoms with van der Waals surface area (Å²) >= 11 is 5.85. The standard InChI is InChI=1S/C15H20ClN5O3S/c1-4-19(5-2)15(22)20-11-17-14(18-20)25(23,24)21(6-3)13-9-7-12(16)8-10-13/h7-11H,4-6H2,1-3H3. The fourth-order valence-electron chi connectivity index (χ4n) is 2.29. The van der Waals surface area contributed by atoms with Crippen molar-refractivity contribution in [1.82, 2.24) is 19.7 Å². The number of anilines is 1. The molecule has 1 aromatic carbocycles. The van der Waals surface area contributed by atoms with Gasteiger partial charge in [0.05, 0.1) is 5.69 Å². The van der Waals surface area contributed by atoms with E-state index in [1.165, 1.54) is 4.90 Å². The molecule has 0 aliphatic heterocycles. The van der Waals surface area contributed by atoms with Crippen molar-refractivity contribution in [3.8, 4) is 0 Å². The van der Waals surface area contributed by atoms with Crippen LogP contribution in [0.4, 0.5) is 10.5 Å². The normalized spacial score (nSPS) is 11.4. The highest BCUT2D eigenvalue weighted by atomic mass is 35.5. The predicted octanol–water partition coefficient (Wildman–Crippen LogP) is 2.46. The molecule has 25 heavy (non-hydrogen) atoms. The summed E-state index contributed by atoms with van der Waals surface area (Å²) in [4.78, 5) is 17.6. The number of halogens is 1. The zero-order chi connectivity index (χ0) is 18.6. The molecule has 0 N–H and O–H groups in total. The van der Waals surface area contributed by atoms with Crippen molar-refractivity contribution in [1.29, 1.82) is 0 Å². The Hall–Kier alpha value is -2.13. The maximum atomic E-state index is 12.8. The third kappa shape index (κ3) is 3.93. The Morgan fingerprint density at radius 3 is 2.24 bits per heavy atom. The van der Waals surface area contributed by atoms with Gasteiger partial charge in [0.2, 0.25) is 0 Å². The summed E-state index contributed by atoms with van der Waals surface area (Å²) in [6.45, 7) is 6.52. The molecule has 10 heteroatoms. The fraction of sp³-hybridized carbons (Fsp3) is 0.400. The molecular weight excluding hydrogens is 366 g/mol. The molecule has 0 atom stereocenters. The smallest absolute Gasteiger partial charge is 0.323 e. The topological polar surface area (TPSA) is 88.4 Å². The quantitative estimate of drug-likeness (QED) is 0.762. The fourth-order valence-corrected chi connectivity index (χ4v) is 3.73. The summed E-state index contributed by atoms with van der Waals surface area (Å²) in [5.74, 6) is 0. The maximum absolute atomic E-state index is 12.8. The van der Waals surface area contributed by atoms with Crippen molar-refractivity contribution in [3.05, 3.63) is 35.6 Å². The SMILES string of the molecule is CCN(CC)C(=O)n1cnc(S(=O)(=O)N(CC)c2ccc(Cl)cc2)n1. The van der Waals surface area contributed by atoms with Gasteiger partial charge in [-0.15, -0.1) is 5.10 Å². The molecule has 0 fully saturated rings. The number of carbonyl (C=O) groups excluding carboxylic acids is 1. The first kappa shape index (κ1) is 19.2. The van der Waals surface area contributed by atoms with Crippen molar-refractivity contribution in [3.63, 3.8) is 0 Å². The van der Waals surface area contributed by atoms with E-state index in [4.69, 9.17) is 11.6 Å². The van der Waals surface area contributed by atoms with E-state index in [2.05, 4.69) is 10.1 Å². The van der Waals surface area contributed by atoms with Gasteiger partial charge in [0, 0.05) is 24.7 Å². The lowest BCUT2D eigenvalue weighted by Crippen LogP contribution is -2.35. The van der Waals surface area contributed by atoms with Gasteiger partial charge in [-0.25, -0.2) is 9.78 Å². The Balaban J connectivity index is 2.36. The van der Waals surface area contributed by atoms with E-state index in [1.54, 1.807) is 31.2 Å². The monoisotopic (exact) mass is 385 g/mol. The molecule has 0 saturated carbocycles. The van der Waals surface area contributed by atoms with Crippen LogP contribution in [0.3, 0.4) is 0 Å². The number of amides is 1. The number of rotatable bonds is 6. The highest BCUT2D eigenvalue weighted by molar-refractivity contribution is 7.92. The summed E-state index contributed by atoms with van der Waals surface area (Å²) in [5.41, 5.74) is 0.443.